The molecule has 0 aromatic heterocycles. The van der Waals surface area contributed by atoms with Gasteiger partial charge >= 0.3 is 0 Å². The van der Waals surface area contributed by atoms with Gasteiger partial charge in [0.25, 0.3) is 0 Å². The third kappa shape index (κ3) is 3.60. The molecule has 13 heavy (non-hydrogen) atoms. The van der Waals surface area contributed by atoms with E-state index in [0.29, 0.717) is 0 Å². The highest BCUT2D eigenvalue weighted by Crippen LogP contribution is 2.14. The first-order chi connectivity index (χ1) is 6.09. The van der Waals surface area contributed by atoms with Gasteiger partial charge in [0.2, 0.25) is 0 Å². The fraction of sp³-hybridized carbons (Fsp3) is 0.400. The molecule has 3 heteroatoms. The van der Waals surface area contributed by atoms with Gasteiger partial charge in [0.1, 0.15) is 5.82 Å². The number of aryl methyl sites for hydroxylation is 1. The molecule has 0 aliphatic rings. The lowest BCUT2D eigenvalue weighted by Crippen LogP contribution is -2.15. The maximum atomic E-state index is 13.2. The standard InChI is InChI=1S/C10H13FIN/c1-7(13)2-3-8-6-9(12)4-5-10(8)11/h4-7H,2-3,13H2,1H3. The number of nitrogens with two attached hydrogens (primary N) is 1. The van der Waals surface area contributed by atoms with Crippen LogP contribution < -0.4 is 5.73 Å². The van der Waals surface area contributed by atoms with Crippen LogP contribution in [0.25, 0.3) is 0 Å². The second kappa shape index (κ2) is 4.91. The van der Waals surface area contributed by atoms with Crippen LogP contribution in [0.1, 0.15) is 18.9 Å². The van der Waals surface area contributed by atoms with Crippen LogP contribution in [0.3, 0.4) is 0 Å². The van der Waals surface area contributed by atoms with Gasteiger partial charge in [-0.25, -0.2) is 4.39 Å². The first-order valence-corrected chi connectivity index (χ1v) is 5.37. The van der Waals surface area contributed by atoms with Crippen molar-refractivity contribution in [1.29, 1.82) is 0 Å². The normalized spacial score (nSPS) is 12.9. The van der Waals surface area contributed by atoms with Crippen LogP contribution in [0.4, 0.5) is 4.39 Å². The minimum atomic E-state index is -0.124. The Bertz CT molecular complexity index is 286. The maximum absolute atomic E-state index is 13.2. The number of halogens is 2. The van der Waals surface area contributed by atoms with E-state index in [1.54, 1.807) is 6.07 Å². The molecular formula is C10H13FIN. The van der Waals surface area contributed by atoms with E-state index in [1.807, 2.05) is 13.0 Å². The molecule has 1 aromatic rings. The summed E-state index contributed by atoms with van der Waals surface area (Å²) in [7, 11) is 0. The molecule has 1 nitrogen and oxygen atoms in total. The first kappa shape index (κ1) is 10.9. The summed E-state index contributed by atoms with van der Waals surface area (Å²) in [4.78, 5) is 0. The number of rotatable bonds is 3. The van der Waals surface area contributed by atoms with Crippen molar-refractivity contribution in [3.63, 3.8) is 0 Å². The smallest absolute Gasteiger partial charge is 0.126 e. The topological polar surface area (TPSA) is 26.0 Å². The fourth-order valence-electron chi connectivity index (χ4n) is 1.12. The summed E-state index contributed by atoms with van der Waals surface area (Å²) in [5.41, 5.74) is 6.37. The predicted octanol–water partition coefficient (Wildman–Crippen LogP) is 2.71. The summed E-state index contributed by atoms with van der Waals surface area (Å²) in [5, 5.41) is 0. The summed E-state index contributed by atoms with van der Waals surface area (Å²) in [5.74, 6) is -0.124. The van der Waals surface area contributed by atoms with Crippen molar-refractivity contribution >= 4 is 22.6 Å². The van der Waals surface area contributed by atoms with E-state index in [4.69, 9.17) is 5.73 Å². The van der Waals surface area contributed by atoms with Crippen molar-refractivity contribution in [3.8, 4) is 0 Å². The van der Waals surface area contributed by atoms with Gasteiger partial charge in [0.05, 0.1) is 0 Å². The molecule has 1 aromatic carbocycles. The SMILES string of the molecule is CC(N)CCc1cc(I)ccc1F. The van der Waals surface area contributed by atoms with Crippen LogP contribution in [0.15, 0.2) is 18.2 Å². The highest BCUT2D eigenvalue weighted by Gasteiger charge is 2.03. The number of hydrogen-bond acceptors (Lipinski definition) is 1. The Labute approximate surface area is 91.7 Å². The summed E-state index contributed by atoms with van der Waals surface area (Å²) in [6.45, 7) is 1.94. The molecule has 0 aliphatic carbocycles. The van der Waals surface area contributed by atoms with Gasteiger partial charge < -0.3 is 5.73 Å². The van der Waals surface area contributed by atoms with E-state index in [-0.39, 0.29) is 11.9 Å². The molecule has 0 heterocycles. The lowest BCUT2D eigenvalue weighted by Gasteiger charge is -2.06. The zero-order valence-corrected chi connectivity index (χ0v) is 9.71. The van der Waals surface area contributed by atoms with Crippen molar-refractivity contribution in [1.82, 2.24) is 0 Å². The van der Waals surface area contributed by atoms with Gasteiger partial charge in [-0.1, -0.05) is 0 Å². The van der Waals surface area contributed by atoms with Gasteiger partial charge in [-0.15, -0.1) is 0 Å². The maximum Gasteiger partial charge on any atom is 0.126 e. The molecule has 1 atom stereocenters. The summed E-state index contributed by atoms with van der Waals surface area (Å²) >= 11 is 2.18. The summed E-state index contributed by atoms with van der Waals surface area (Å²) < 4.78 is 14.2. The quantitative estimate of drug-likeness (QED) is 0.852. The molecule has 0 fully saturated rings. The molecule has 0 spiro atoms. The van der Waals surface area contributed by atoms with Crippen LogP contribution in [0.5, 0.6) is 0 Å². The lowest BCUT2D eigenvalue weighted by molar-refractivity contribution is 0.590. The van der Waals surface area contributed by atoms with Crippen LogP contribution in [0.2, 0.25) is 0 Å². The molecule has 2 N–H and O–H groups in total. The van der Waals surface area contributed by atoms with Crippen molar-refractivity contribution in [2.45, 2.75) is 25.8 Å². The van der Waals surface area contributed by atoms with Crippen LogP contribution in [-0.4, -0.2) is 6.04 Å². The average Bonchev–Trinajstić information content (AvgIpc) is 2.06. The number of hydrogen-bond donors (Lipinski definition) is 1. The van der Waals surface area contributed by atoms with Gasteiger partial charge in [0.15, 0.2) is 0 Å². The Morgan fingerprint density at radius 1 is 1.54 bits per heavy atom. The van der Waals surface area contributed by atoms with E-state index in [1.165, 1.54) is 6.07 Å². The predicted molar refractivity (Wildman–Crippen MR) is 61.1 cm³/mol. The van der Waals surface area contributed by atoms with Crippen molar-refractivity contribution < 1.29 is 4.39 Å². The van der Waals surface area contributed by atoms with Gasteiger partial charge in [-0.2, -0.15) is 0 Å². The minimum Gasteiger partial charge on any atom is -0.328 e. The monoisotopic (exact) mass is 293 g/mol. The zero-order chi connectivity index (χ0) is 9.84. The summed E-state index contributed by atoms with van der Waals surface area (Å²) in [6, 6.07) is 5.29. The molecule has 0 radical (unpaired) electrons. The van der Waals surface area contributed by atoms with Crippen molar-refractivity contribution in [2.75, 3.05) is 0 Å². The van der Waals surface area contributed by atoms with Gasteiger partial charge in [0, 0.05) is 9.61 Å². The average molecular weight is 293 g/mol. The zero-order valence-electron chi connectivity index (χ0n) is 7.56. The third-order valence-corrected chi connectivity index (χ3v) is 2.55. The van der Waals surface area contributed by atoms with E-state index >= 15 is 0 Å². The highest BCUT2D eigenvalue weighted by atomic mass is 127. The Morgan fingerprint density at radius 3 is 2.85 bits per heavy atom. The van der Waals surface area contributed by atoms with Crippen LogP contribution >= 0.6 is 22.6 Å². The molecule has 1 unspecified atom stereocenters. The largest absolute Gasteiger partial charge is 0.328 e. The Hall–Kier alpha value is -0.160. The molecule has 1 rings (SSSR count). The van der Waals surface area contributed by atoms with E-state index < -0.39 is 0 Å². The van der Waals surface area contributed by atoms with Crippen LogP contribution in [0, 0.1) is 9.39 Å². The minimum absolute atomic E-state index is 0.124. The molecular weight excluding hydrogens is 280 g/mol. The van der Waals surface area contributed by atoms with E-state index in [2.05, 4.69) is 22.6 Å². The number of benzene rings is 1. The molecule has 0 amide bonds. The van der Waals surface area contributed by atoms with Gasteiger partial charge in [-0.3, -0.25) is 0 Å². The molecule has 72 valence electrons. The molecule has 0 saturated carbocycles. The highest BCUT2D eigenvalue weighted by molar-refractivity contribution is 14.1. The van der Waals surface area contributed by atoms with Gasteiger partial charge in [-0.05, 0) is 66.1 Å². The lowest BCUT2D eigenvalue weighted by atomic mass is 10.1. The fourth-order valence-corrected chi connectivity index (χ4v) is 1.67. The van der Waals surface area contributed by atoms with Crippen LogP contribution in [-0.2, 0) is 6.42 Å². The Morgan fingerprint density at radius 2 is 2.23 bits per heavy atom. The van der Waals surface area contributed by atoms with E-state index in [9.17, 15) is 4.39 Å². The molecule has 0 bridgehead atoms. The summed E-state index contributed by atoms with van der Waals surface area (Å²) in [6.07, 6.45) is 1.55. The molecule has 0 aliphatic heterocycles. The third-order valence-electron chi connectivity index (χ3n) is 1.88. The Kier molecular flexibility index (Phi) is 4.12. The molecule has 0 saturated heterocycles. The van der Waals surface area contributed by atoms with Crippen molar-refractivity contribution in [3.05, 3.63) is 33.1 Å². The Balaban J connectivity index is 2.70. The van der Waals surface area contributed by atoms with Crippen molar-refractivity contribution in [2.24, 2.45) is 5.73 Å². The van der Waals surface area contributed by atoms with E-state index in [0.717, 1.165) is 22.0 Å². The second-order valence-corrected chi connectivity index (χ2v) is 4.50. The first-order valence-electron chi connectivity index (χ1n) is 4.29. The second-order valence-electron chi connectivity index (χ2n) is 3.25.